The largest absolute Gasteiger partial charge is 0.294 e. The van der Waals surface area contributed by atoms with E-state index in [0.717, 1.165) is 17.5 Å². The van der Waals surface area contributed by atoms with Gasteiger partial charge in [0.1, 0.15) is 0 Å². The van der Waals surface area contributed by atoms with Crippen LogP contribution >= 0.6 is 0 Å². The molecule has 0 unspecified atom stereocenters. The average molecular weight is 238 g/mol. The molecule has 0 amide bonds. The van der Waals surface area contributed by atoms with Crippen LogP contribution < -0.4 is 0 Å². The van der Waals surface area contributed by atoms with Crippen LogP contribution in [0.5, 0.6) is 0 Å². The predicted octanol–water partition coefficient (Wildman–Crippen LogP) is 4.12. The second-order valence-corrected chi connectivity index (χ2v) is 4.66. The van der Waals surface area contributed by atoms with Crippen molar-refractivity contribution >= 4 is 5.78 Å². The predicted molar refractivity (Wildman–Crippen MR) is 75.0 cm³/mol. The number of Topliss-reactive ketones (excluding diaryl/α,β-unsaturated/α-hetero) is 1. The minimum atomic E-state index is 0.233. The molecule has 0 aromatic heterocycles. The first-order chi connectivity index (χ1) is 8.68. The van der Waals surface area contributed by atoms with Gasteiger partial charge in [0.2, 0.25) is 0 Å². The molecule has 0 atom stereocenters. The van der Waals surface area contributed by atoms with Crippen LogP contribution in [0.2, 0.25) is 0 Å². The lowest BCUT2D eigenvalue weighted by Gasteiger charge is -2.06. The monoisotopic (exact) mass is 238 g/mol. The van der Waals surface area contributed by atoms with E-state index in [1.807, 2.05) is 43.3 Å². The Morgan fingerprint density at radius 1 is 0.889 bits per heavy atom. The van der Waals surface area contributed by atoms with Crippen molar-refractivity contribution in [2.45, 2.75) is 26.7 Å². The van der Waals surface area contributed by atoms with Crippen LogP contribution in [-0.2, 0) is 6.42 Å². The highest BCUT2D eigenvalue weighted by Crippen LogP contribution is 2.14. The molecule has 0 bridgehead atoms. The Labute approximate surface area is 108 Å². The van der Waals surface area contributed by atoms with Crippen LogP contribution in [0.4, 0.5) is 0 Å². The second kappa shape index (κ2) is 5.63. The quantitative estimate of drug-likeness (QED) is 0.732. The maximum Gasteiger partial charge on any atom is 0.163 e. The van der Waals surface area contributed by atoms with E-state index in [1.165, 1.54) is 11.1 Å². The van der Waals surface area contributed by atoms with E-state index in [9.17, 15) is 4.79 Å². The lowest BCUT2D eigenvalue weighted by Crippen LogP contribution is -2.03. The molecule has 2 aromatic carbocycles. The van der Waals surface area contributed by atoms with Gasteiger partial charge in [0.15, 0.2) is 5.78 Å². The molecule has 0 saturated carbocycles. The summed E-state index contributed by atoms with van der Waals surface area (Å²) in [7, 11) is 0. The van der Waals surface area contributed by atoms with E-state index in [1.54, 1.807) is 0 Å². The Kier molecular flexibility index (Phi) is 3.93. The van der Waals surface area contributed by atoms with Crippen molar-refractivity contribution in [2.75, 3.05) is 0 Å². The van der Waals surface area contributed by atoms with E-state index >= 15 is 0 Å². The molecule has 0 fully saturated rings. The normalized spacial score (nSPS) is 10.3. The molecular formula is C17H18O. The zero-order valence-corrected chi connectivity index (χ0v) is 10.9. The van der Waals surface area contributed by atoms with Crippen molar-refractivity contribution in [1.29, 1.82) is 0 Å². The van der Waals surface area contributed by atoms with Crippen LogP contribution in [0, 0.1) is 13.8 Å². The fraction of sp³-hybridized carbons (Fsp3) is 0.235. The average Bonchev–Trinajstić information content (AvgIpc) is 2.38. The fourth-order valence-electron chi connectivity index (χ4n) is 2.16. The number of hydrogen-bond acceptors (Lipinski definition) is 1. The Balaban J connectivity index is 2.06. The first-order valence-corrected chi connectivity index (χ1v) is 6.32. The van der Waals surface area contributed by atoms with Gasteiger partial charge in [0, 0.05) is 12.0 Å². The van der Waals surface area contributed by atoms with Gasteiger partial charge in [-0.3, -0.25) is 4.79 Å². The number of hydrogen-bond donors (Lipinski definition) is 0. The van der Waals surface area contributed by atoms with E-state index in [4.69, 9.17) is 0 Å². The van der Waals surface area contributed by atoms with E-state index < -0.39 is 0 Å². The smallest absolute Gasteiger partial charge is 0.163 e. The van der Waals surface area contributed by atoms with Crippen molar-refractivity contribution in [1.82, 2.24) is 0 Å². The summed E-state index contributed by atoms with van der Waals surface area (Å²) in [5.41, 5.74) is 4.44. The molecule has 2 rings (SSSR count). The lowest BCUT2D eigenvalue weighted by atomic mass is 9.97. The maximum atomic E-state index is 12.2. The summed E-state index contributed by atoms with van der Waals surface area (Å²) >= 11 is 0. The topological polar surface area (TPSA) is 17.1 Å². The van der Waals surface area contributed by atoms with Gasteiger partial charge in [-0.25, -0.2) is 0 Å². The zero-order chi connectivity index (χ0) is 13.0. The number of benzene rings is 2. The Hall–Kier alpha value is -1.89. The molecule has 0 heterocycles. The van der Waals surface area contributed by atoms with Crippen molar-refractivity contribution < 1.29 is 4.79 Å². The van der Waals surface area contributed by atoms with Gasteiger partial charge >= 0.3 is 0 Å². The van der Waals surface area contributed by atoms with Gasteiger partial charge in [-0.2, -0.15) is 0 Å². The molecule has 0 radical (unpaired) electrons. The molecule has 18 heavy (non-hydrogen) atoms. The minimum Gasteiger partial charge on any atom is -0.294 e. The van der Waals surface area contributed by atoms with Crippen LogP contribution in [0.1, 0.15) is 33.5 Å². The van der Waals surface area contributed by atoms with Crippen LogP contribution in [0.25, 0.3) is 0 Å². The third-order valence-corrected chi connectivity index (χ3v) is 3.33. The summed E-state index contributed by atoms with van der Waals surface area (Å²) in [6.07, 6.45) is 1.40. The van der Waals surface area contributed by atoms with Gasteiger partial charge < -0.3 is 0 Å². The Bertz CT molecular complexity index is 555. The lowest BCUT2D eigenvalue weighted by molar-refractivity contribution is 0.0982. The number of aryl methyl sites for hydroxylation is 3. The molecule has 0 spiro atoms. The minimum absolute atomic E-state index is 0.233. The summed E-state index contributed by atoms with van der Waals surface area (Å²) in [6.45, 7) is 4.08. The standard InChI is InChI=1S/C17H18O/c1-13-7-3-5-9-15(13)11-12-17(18)16-10-6-4-8-14(16)2/h3-10H,11-12H2,1-2H3. The molecule has 0 aliphatic rings. The zero-order valence-electron chi connectivity index (χ0n) is 10.9. The molecule has 92 valence electrons. The molecule has 1 nitrogen and oxygen atoms in total. The molecular weight excluding hydrogens is 220 g/mol. The van der Waals surface area contributed by atoms with Crippen molar-refractivity contribution in [3.8, 4) is 0 Å². The van der Waals surface area contributed by atoms with E-state index in [-0.39, 0.29) is 5.78 Å². The van der Waals surface area contributed by atoms with Crippen LogP contribution in [0.3, 0.4) is 0 Å². The van der Waals surface area contributed by atoms with Gasteiger partial charge in [-0.05, 0) is 37.0 Å². The molecule has 2 aromatic rings. The highest BCUT2D eigenvalue weighted by atomic mass is 16.1. The number of rotatable bonds is 4. The highest BCUT2D eigenvalue weighted by Gasteiger charge is 2.08. The first kappa shape index (κ1) is 12.6. The molecule has 0 saturated heterocycles. The first-order valence-electron chi connectivity index (χ1n) is 6.32. The molecule has 0 N–H and O–H groups in total. The van der Waals surface area contributed by atoms with Gasteiger partial charge in [-0.1, -0.05) is 48.5 Å². The van der Waals surface area contributed by atoms with Crippen molar-refractivity contribution in [3.63, 3.8) is 0 Å². The summed E-state index contributed by atoms with van der Waals surface area (Å²) in [4.78, 5) is 12.2. The second-order valence-electron chi connectivity index (χ2n) is 4.66. The molecule has 1 heteroatoms. The molecule has 0 aliphatic carbocycles. The summed E-state index contributed by atoms with van der Waals surface area (Å²) < 4.78 is 0. The highest BCUT2D eigenvalue weighted by molar-refractivity contribution is 5.97. The van der Waals surface area contributed by atoms with Crippen LogP contribution in [-0.4, -0.2) is 5.78 Å². The van der Waals surface area contributed by atoms with Gasteiger partial charge in [0.25, 0.3) is 0 Å². The fourth-order valence-corrected chi connectivity index (χ4v) is 2.16. The van der Waals surface area contributed by atoms with E-state index in [2.05, 4.69) is 19.1 Å². The Morgan fingerprint density at radius 3 is 2.17 bits per heavy atom. The van der Waals surface area contributed by atoms with Crippen molar-refractivity contribution in [2.24, 2.45) is 0 Å². The third-order valence-electron chi connectivity index (χ3n) is 3.33. The number of ketones is 1. The van der Waals surface area contributed by atoms with Gasteiger partial charge in [-0.15, -0.1) is 0 Å². The third kappa shape index (κ3) is 2.86. The summed E-state index contributed by atoms with van der Waals surface area (Å²) in [5, 5.41) is 0. The van der Waals surface area contributed by atoms with E-state index in [0.29, 0.717) is 6.42 Å². The molecule has 0 aliphatic heterocycles. The summed E-state index contributed by atoms with van der Waals surface area (Å²) in [5.74, 6) is 0.233. The summed E-state index contributed by atoms with van der Waals surface area (Å²) in [6, 6.07) is 16.0. The Morgan fingerprint density at radius 2 is 1.50 bits per heavy atom. The number of carbonyl (C=O) groups excluding carboxylic acids is 1. The SMILES string of the molecule is Cc1ccccc1CCC(=O)c1ccccc1C. The van der Waals surface area contributed by atoms with Crippen LogP contribution in [0.15, 0.2) is 48.5 Å². The van der Waals surface area contributed by atoms with Gasteiger partial charge in [0.05, 0.1) is 0 Å². The number of carbonyl (C=O) groups is 1. The van der Waals surface area contributed by atoms with Crippen molar-refractivity contribution in [3.05, 3.63) is 70.8 Å². The maximum absolute atomic E-state index is 12.2.